The van der Waals surface area contributed by atoms with Crippen LogP contribution in [0.25, 0.3) is 10.9 Å². The van der Waals surface area contributed by atoms with Gasteiger partial charge in [-0.25, -0.2) is 20.2 Å². The molecule has 0 bridgehead atoms. The highest BCUT2D eigenvalue weighted by atomic mass is 17.1. The van der Waals surface area contributed by atoms with Crippen LogP contribution in [-0.2, 0) is 0 Å². The quantitative estimate of drug-likeness (QED) is 0.273. The second kappa shape index (κ2) is 9.41. The van der Waals surface area contributed by atoms with Crippen LogP contribution in [0.3, 0.4) is 0 Å². The Morgan fingerprint density at radius 1 is 1.12 bits per heavy atom. The Morgan fingerprint density at radius 2 is 2.03 bits per heavy atom. The smallest absolute Gasteiger partial charge is 0.262 e. The molecule has 3 N–H and O–H groups in total. The fraction of sp³-hybridized carbons (Fsp3) is 0.409. The van der Waals surface area contributed by atoms with Crippen molar-refractivity contribution in [2.24, 2.45) is 5.92 Å². The van der Waals surface area contributed by atoms with Gasteiger partial charge in [-0.15, -0.1) is 0 Å². The number of hydrogen-bond donors (Lipinski definition) is 3. The maximum absolute atomic E-state index is 9.45. The van der Waals surface area contributed by atoms with Gasteiger partial charge in [0.1, 0.15) is 12.1 Å². The van der Waals surface area contributed by atoms with Gasteiger partial charge in [-0.2, -0.15) is 0 Å². The molecular formula is C22H25N5O5. The molecule has 0 saturated carbocycles. The summed E-state index contributed by atoms with van der Waals surface area (Å²) in [6.45, 7) is 2.85. The van der Waals surface area contributed by atoms with Crippen molar-refractivity contribution >= 4 is 22.4 Å². The summed E-state index contributed by atoms with van der Waals surface area (Å²) in [6.07, 6.45) is 7.58. The summed E-state index contributed by atoms with van der Waals surface area (Å²) in [5.74, 6) is 2.86. The van der Waals surface area contributed by atoms with Crippen molar-refractivity contribution in [2.75, 3.05) is 31.8 Å². The Labute approximate surface area is 184 Å². The lowest BCUT2D eigenvalue weighted by Gasteiger charge is -2.22. The molecule has 168 valence electrons. The number of benzene rings is 1. The molecule has 32 heavy (non-hydrogen) atoms. The van der Waals surface area contributed by atoms with Crippen LogP contribution in [0.15, 0.2) is 30.7 Å². The summed E-state index contributed by atoms with van der Waals surface area (Å²) >= 11 is 0. The average molecular weight is 439 g/mol. The number of anilines is 2. The van der Waals surface area contributed by atoms with E-state index in [1.165, 1.54) is 19.2 Å². The number of pyridine rings is 1. The molecule has 0 unspecified atom stereocenters. The lowest BCUT2D eigenvalue weighted by atomic mass is 9.93. The maximum Gasteiger partial charge on any atom is 0.262 e. The molecular weight excluding hydrogens is 414 g/mol. The number of hydrogen-bond acceptors (Lipinski definition) is 10. The molecule has 10 nitrogen and oxygen atoms in total. The van der Waals surface area contributed by atoms with E-state index >= 15 is 0 Å². The molecule has 0 aliphatic carbocycles. The van der Waals surface area contributed by atoms with E-state index in [-0.39, 0.29) is 12.5 Å². The highest BCUT2D eigenvalue weighted by Crippen LogP contribution is 2.40. The molecule has 5 rings (SSSR count). The van der Waals surface area contributed by atoms with Crippen molar-refractivity contribution in [3.8, 4) is 23.1 Å². The number of piperidine rings is 1. The van der Waals surface area contributed by atoms with Crippen LogP contribution in [-0.4, -0.2) is 46.7 Å². The number of nitrogens with zero attached hydrogens (tertiary/aromatic N) is 3. The third-order valence-corrected chi connectivity index (χ3v) is 5.80. The van der Waals surface area contributed by atoms with Crippen LogP contribution in [0.2, 0.25) is 0 Å². The molecule has 2 aliphatic rings. The number of fused-ring (bicyclic) bond motifs is 2. The van der Waals surface area contributed by atoms with Crippen LogP contribution in [0, 0.1) is 5.92 Å². The molecule has 3 aromatic rings. The summed E-state index contributed by atoms with van der Waals surface area (Å²) in [4.78, 5) is 17.4. The van der Waals surface area contributed by atoms with E-state index in [2.05, 4.69) is 30.5 Å². The molecule has 0 radical (unpaired) electrons. The van der Waals surface area contributed by atoms with Gasteiger partial charge >= 0.3 is 0 Å². The Hall–Kier alpha value is -3.37. The highest BCUT2D eigenvalue weighted by molar-refractivity contribution is 5.93. The zero-order valence-corrected chi connectivity index (χ0v) is 17.5. The summed E-state index contributed by atoms with van der Waals surface area (Å²) in [7, 11) is 0. The minimum absolute atomic E-state index is 0.117. The molecule has 1 fully saturated rings. The first kappa shape index (κ1) is 20.5. The van der Waals surface area contributed by atoms with Gasteiger partial charge in [0, 0.05) is 23.7 Å². The Kier molecular flexibility index (Phi) is 6.04. The maximum atomic E-state index is 9.45. The van der Waals surface area contributed by atoms with Gasteiger partial charge in [-0.1, -0.05) is 0 Å². The van der Waals surface area contributed by atoms with Gasteiger partial charge in [0.2, 0.25) is 18.3 Å². The molecule has 0 amide bonds. The van der Waals surface area contributed by atoms with E-state index in [0.717, 1.165) is 31.8 Å². The molecule has 2 aromatic heterocycles. The molecule has 1 aromatic carbocycles. The number of aromatic nitrogens is 3. The van der Waals surface area contributed by atoms with Gasteiger partial charge < -0.3 is 29.7 Å². The summed E-state index contributed by atoms with van der Waals surface area (Å²) in [6, 6.07) is 5.16. The zero-order valence-electron chi connectivity index (χ0n) is 17.5. The van der Waals surface area contributed by atoms with E-state index in [1.807, 2.05) is 0 Å². The highest BCUT2D eigenvalue weighted by Gasteiger charge is 2.21. The van der Waals surface area contributed by atoms with Crippen molar-refractivity contribution < 1.29 is 24.4 Å². The van der Waals surface area contributed by atoms with Crippen molar-refractivity contribution in [2.45, 2.75) is 25.7 Å². The van der Waals surface area contributed by atoms with Crippen LogP contribution in [0.4, 0.5) is 11.5 Å². The summed E-state index contributed by atoms with van der Waals surface area (Å²) < 4.78 is 16.7. The minimum Gasteiger partial charge on any atom is -0.489 e. The van der Waals surface area contributed by atoms with E-state index in [4.69, 9.17) is 14.2 Å². The van der Waals surface area contributed by atoms with Crippen molar-refractivity contribution in [1.82, 2.24) is 20.3 Å². The van der Waals surface area contributed by atoms with Crippen LogP contribution in [0.5, 0.6) is 23.1 Å². The second-order valence-electron chi connectivity index (χ2n) is 7.84. The normalized spacial score (nSPS) is 15.7. The first-order chi connectivity index (χ1) is 15.8. The molecule has 1 saturated heterocycles. The van der Waals surface area contributed by atoms with E-state index in [0.29, 0.717) is 46.4 Å². The largest absolute Gasteiger partial charge is 0.489 e. The minimum atomic E-state index is 0.117. The Morgan fingerprint density at radius 3 is 2.91 bits per heavy atom. The lowest BCUT2D eigenvalue weighted by Crippen LogP contribution is -2.27. The predicted molar refractivity (Wildman–Crippen MR) is 117 cm³/mol. The van der Waals surface area contributed by atoms with E-state index in [1.54, 1.807) is 24.4 Å². The third-order valence-electron chi connectivity index (χ3n) is 5.80. The average Bonchev–Trinajstić information content (AvgIpc) is 3.32. The number of rotatable bonds is 8. The van der Waals surface area contributed by atoms with Gasteiger partial charge in [0.05, 0.1) is 17.8 Å². The zero-order chi connectivity index (χ0) is 21.8. The second-order valence-corrected chi connectivity index (χ2v) is 7.84. The first-order valence-electron chi connectivity index (χ1n) is 10.8. The van der Waals surface area contributed by atoms with Crippen molar-refractivity contribution in [1.29, 1.82) is 0 Å². The first-order valence-corrected chi connectivity index (χ1v) is 10.8. The number of ether oxygens (including phenoxy) is 3. The SMILES string of the molecule is OOc1cc2c(Nc3ccnc4c3OCO4)ncnc2cc1OCCCC1CCNCC1. The number of nitrogens with one attached hydrogen (secondary N) is 2. The van der Waals surface area contributed by atoms with Gasteiger partial charge in [-0.3, -0.25) is 0 Å². The lowest BCUT2D eigenvalue weighted by molar-refractivity contribution is -0.139. The molecule has 0 atom stereocenters. The molecule has 4 heterocycles. The topological polar surface area (TPSA) is 120 Å². The van der Waals surface area contributed by atoms with Crippen molar-refractivity contribution in [3.05, 3.63) is 30.7 Å². The van der Waals surface area contributed by atoms with E-state index < -0.39 is 0 Å². The Balaban J connectivity index is 1.33. The molecule has 10 heteroatoms. The van der Waals surface area contributed by atoms with E-state index in [9.17, 15) is 5.26 Å². The fourth-order valence-corrected chi connectivity index (χ4v) is 4.11. The monoisotopic (exact) mass is 439 g/mol. The predicted octanol–water partition coefficient (Wildman–Crippen LogP) is 3.51. The fourth-order valence-electron chi connectivity index (χ4n) is 4.11. The summed E-state index contributed by atoms with van der Waals surface area (Å²) in [5, 5.41) is 16.7. The van der Waals surface area contributed by atoms with Gasteiger partial charge in [-0.05, 0) is 50.8 Å². The van der Waals surface area contributed by atoms with Gasteiger partial charge in [0.25, 0.3) is 5.88 Å². The van der Waals surface area contributed by atoms with Crippen LogP contribution in [0.1, 0.15) is 25.7 Å². The van der Waals surface area contributed by atoms with Crippen LogP contribution >= 0.6 is 0 Å². The van der Waals surface area contributed by atoms with Crippen LogP contribution < -0.4 is 29.7 Å². The summed E-state index contributed by atoms with van der Waals surface area (Å²) in [5.41, 5.74) is 1.32. The van der Waals surface area contributed by atoms with Gasteiger partial charge in [0.15, 0.2) is 5.75 Å². The third kappa shape index (κ3) is 4.32. The van der Waals surface area contributed by atoms with Crippen molar-refractivity contribution in [3.63, 3.8) is 0 Å². The molecule has 2 aliphatic heterocycles. The standard InChI is InChI=1S/C22H25N5O5/c28-32-19-10-15-17(11-18(19)29-9-1-2-14-3-6-23-7-4-14)25-12-26-21(15)27-16-5-8-24-22-20(16)30-13-31-22/h5,8,10-12,14,23,28H,1-4,6-7,9,13H2,(H,24,25,26,27). The Bertz CT molecular complexity index is 1090. The molecule has 0 spiro atoms.